The van der Waals surface area contributed by atoms with Gasteiger partial charge in [-0.3, -0.25) is 4.98 Å². The number of carboxylic acid groups (broad SMARTS) is 1. The number of benzene rings is 2. The molecule has 0 aliphatic carbocycles. The number of aromatic carboxylic acids is 1. The van der Waals surface area contributed by atoms with E-state index in [0.717, 1.165) is 23.5 Å². The Kier molecular flexibility index (Phi) is 9.10. The molecule has 2 N–H and O–H groups in total. The lowest BCUT2D eigenvalue weighted by Crippen LogP contribution is -2.35. The van der Waals surface area contributed by atoms with Crippen molar-refractivity contribution in [1.29, 1.82) is 0 Å². The number of nitrogens with zero attached hydrogens (tertiary/aromatic N) is 2. The van der Waals surface area contributed by atoms with Gasteiger partial charge in [0.05, 0.1) is 23.1 Å². The van der Waals surface area contributed by atoms with E-state index in [1.54, 1.807) is 0 Å². The van der Waals surface area contributed by atoms with E-state index in [4.69, 9.17) is 14.8 Å². The third kappa shape index (κ3) is 7.30. The first kappa shape index (κ1) is 28.0. The Bertz CT molecular complexity index is 1380. The van der Waals surface area contributed by atoms with Gasteiger partial charge in [-0.2, -0.15) is 0 Å². The molecule has 0 atom stereocenters. The zero-order valence-electron chi connectivity index (χ0n) is 23.1. The van der Waals surface area contributed by atoms with Gasteiger partial charge in [0.15, 0.2) is 0 Å². The van der Waals surface area contributed by atoms with E-state index in [9.17, 15) is 4.79 Å². The normalized spacial score (nSPS) is 11.5. The van der Waals surface area contributed by atoms with Gasteiger partial charge in [-0.25, -0.2) is 9.78 Å². The van der Waals surface area contributed by atoms with Crippen molar-refractivity contribution in [2.45, 2.75) is 65.1 Å². The molecule has 0 spiro atoms. The van der Waals surface area contributed by atoms with Crippen molar-refractivity contribution in [3.8, 4) is 17.0 Å². The van der Waals surface area contributed by atoms with Crippen LogP contribution in [0.4, 0.5) is 0 Å². The molecular weight excluding hydrogens is 486 g/mol. The number of ether oxygens (including phenoxy) is 1. The predicted molar refractivity (Wildman–Crippen MR) is 155 cm³/mol. The van der Waals surface area contributed by atoms with Crippen LogP contribution in [0, 0.1) is 0 Å². The third-order valence-corrected chi connectivity index (χ3v) is 7.23. The van der Waals surface area contributed by atoms with Crippen LogP contribution in [0.2, 0.25) is 0 Å². The topological polar surface area (TPSA) is 84.3 Å². The van der Waals surface area contributed by atoms with E-state index in [0.29, 0.717) is 11.7 Å². The molecule has 6 nitrogen and oxygen atoms in total. The second kappa shape index (κ2) is 12.7. The van der Waals surface area contributed by atoms with E-state index < -0.39 is 5.97 Å². The lowest BCUT2D eigenvalue weighted by molar-refractivity contribution is 0.0695. The summed E-state index contributed by atoms with van der Waals surface area (Å²) in [4.78, 5) is 19.8. The molecule has 202 valence electrons. The number of carbonyl (C=O) groups is 1. The van der Waals surface area contributed by atoms with Crippen LogP contribution in [0.15, 0.2) is 85.2 Å². The summed E-state index contributed by atoms with van der Waals surface area (Å²) in [7, 11) is 0. The molecule has 4 aromatic rings. The molecule has 0 fully saturated rings. The van der Waals surface area contributed by atoms with E-state index in [2.05, 4.69) is 86.5 Å². The van der Waals surface area contributed by atoms with Gasteiger partial charge in [0.25, 0.3) is 0 Å². The Balaban J connectivity index is 1.36. The van der Waals surface area contributed by atoms with Crippen LogP contribution < -0.4 is 10.1 Å². The second-order valence-corrected chi connectivity index (χ2v) is 10.3. The highest BCUT2D eigenvalue weighted by molar-refractivity contribution is 5.87. The monoisotopic (exact) mass is 523 g/mol. The Morgan fingerprint density at radius 2 is 1.69 bits per heavy atom. The molecule has 0 saturated heterocycles. The molecule has 0 amide bonds. The van der Waals surface area contributed by atoms with Crippen molar-refractivity contribution < 1.29 is 14.6 Å². The summed E-state index contributed by atoms with van der Waals surface area (Å²) in [6.07, 6.45) is 5.12. The lowest BCUT2D eigenvalue weighted by atomic mass is 9.89. The molecule has 0 unspecified atom stereocenters. The van der Waals surface area contributed by atoms with Crippen LogP contribution in [-0.2, 0) is 18.7 Å². The summed E-state index contributed by atoms with van der Waals surface area (Å²) in [5, 5.41) is 12.8. The van der Waals surface area contributed by atoms with Crippen molar-refractivity contribution in [3.05, 3.63) is 113 Å². The molecule has 0 bridgehead atoms. The van der Waals surface area contributed by atoms with E-state index in [1.165, 1.54) is 48.0 Å². The van der Waals surface area contributed by atoms with Gasteiger partial charge in [-0.15, -0.1) is 0 Å². The van der Waals surface area contributed by atoms with Crippen LogP contribution in [0.3, 0.4) is 0 Å². The molecule has 2 heterocycles. The van der Waals surface area contributed by atoms with Crippen molar-refractivity contribution in [2.75, 3.05) is 0 Å². The first-order valence-corrected chi connectivity index (χ1v) is 13.5. The number of pyridine rings is 2. The fourth-order valence-corrected chi connectivity index (χ4v) is 4.64. The maximum absolute atomic E-state index is 11.1. The van der Waals surface area contributed by atoms with Gasteiger partial charge >= 0.3 is 5.97 Å². The smallest absolute Gasteiger partial charge is 0.337 e. The maximum Gasteiger partial charge on any atom is 0.337 e. The van der Waals surface area contributed by atoms with Gasteiger partial charge in [0.2, 0.25) is 0 Å². The Morgan fingerprint density at radius 3 is 2.36 bits per heavy atom. The zero-order chi connectivity index (χ0) is 27.8. The van der Waals surface area contributed by atoms with Crippen LogP contribution in [0.5, 0.6) is 5.75 Å². The standard InChI is InChI=1S/C33H37N3O3/c1-5-24(6-2)25-14-16-28(17-15-25)33(3,4)35-19-23-10-12-26(13-11-23)31-9-7-8-29(36-31)22-39-30-18-27(32(37)38)20-34-21-30/h7-18,20-21,24,35H,5-6,19,22H2,1-4H3,(H,37,38). The maximum atomic E-state index is 11.1. The van der Waals surface area contributed by atoms with Gasteiger partial charge < -0.3 is 15.2 Å². The highest BCUT2D eigenvalue weighted by Crippen LogP contribution is 2.27. The number of rotatable bonds is 12. The minimum absolute atomic E-state index is 0.0853. The number of aromatic nitrogens is 2. The van der Waals surface area contributed by atoms with E-state index >= 15 is 0 Å². The molecule has 0 radical (unpaired) electrons. The summed E-state index contributed by atoms with van der Waals surface area (Å²) >= 11 is 0. The fourth-order valence-electron chi connectivity index (χ4n) is 4.64. The van der Waals surface area contributed by atoms with Gasteiger partial charge in [-0.05, 0) is 67.5 Å². The van der Waals surface area contributed by atoms with Gasteiger partial charge in [0, 0.05) is 23.8 Å². The Labute approximate surface area is 231 Å². The van der Waals surface area contributed by atoms with Gasteiger partial charge in [-0.1, -0.05) is 68.4 Å². The quantitative estimate of drug-likeness (QED) is 0.202. The lowest BCUT2D eigenvalue weighted by Gasteiger charge is -2.28. The number of nitrogens with one attached hydrogen (secondary N) is 1. The van der Waals surface area contributed by atoms with Crippen molar-refractivity contribution in [1.82, 2.24) is 15.3 Å². The third-order valence-electron chi connectivity index (χ3n) is 7.23. The van der Waals surface area contributed by atoms with Crippen molar-refractivity contribution >= 4 is 5.97 Å². The molecule has 2 aromatic heterocycles. The largest absolute Gasteiger partial charge is 0.486 e. The highest BCUT2D eigenvalue weighted by atomic mass is 16.5. The molecule has 0 aliphatic heterocycles. The number of carboxylic acids is 1. The van der Waals surface area contributed by atoms with Crippen LogP contribution in [0.1, 0.15) is 79.2 Å². The minimum Gasteiger partial charge on any atom is -0.486 e. The highest BCUT2D eigenvalue weighted by Gasteiger charge is 2.20. The zero-order valence-corrected chi connectivity index (χ0v) is 23.1. The number of hydrogen-bond donors (Lipinski definition) is 2. The van der Waals surface area contributed by atoms with Crippen LogP contribution in [-0.4, -0.2) is 21.0 Å². The van der Waals surface area contributed by atoms with E-state index in [-0.39, 0.29) is 17.7 Å². The first-order chi connectivity index (χ1) is 18.8. The predicted octanol–water partition coefficient (Wildman–Crippen LogP) is 7.35. The summed E-state index contributed by atoms with van der Waals surface area (Å²) in [6, 6.07) is 24.7. The Morgan fingerprint density at radius 1 is 0.974 bits per heavy atom. The van der Waals surface area contributed by atoms with E-state index in [1.807, 2.05) is 18.2 Å². The number of hydrogen-bond acceptors (Lipinski definition) is 5. The first-order valence-electron chi connectivity index (χ1n) is 13.5. The molecule has 6 heteroatoms. The molecule has 2 aromatic carbocycles. The summed E-state index contributed by atoms with van der Waals surface area (Å²) in [5.74, 6) is -0.0186. The summed E-state index contributed by atoms with van der Waals surface area (Å²) < 4.78 is 5.73. The Hall–Kier alpha value is -4.03. The van der Waals surface area contributed by atoms with Crippen molar-refractivity contribution in [3.63, 3.8) is 0 Å². The molecule has 0 saturated carbocycles. The molecule has 39 heavy (non-hydrogen) atoms. The minimum atomic E-state index is -1.04. The average molecular weight is 524 g/mol. The fraction of sp³-hybridized carbons (Fsp3) is 0.303. The average Bonchev–Trinajstić information content (AvgIpc) is 2.96. The molecular formula is C33H37N3O3. The van der Waals surface area contributed by atoms with Crippen LogP contribution >= 0.6 is 0 Å². The summed E-state index contributed by atoms with van der Waals surface area (Å²) in [5.41, 5.74) is 6.45. The summed E-state index contributed by atoms with van der Waals surface area (Å²) in [6.45, 7) is 9.92. The molecule has 0 aliphatic rings. The second-order valence-electron chi connectivity index (χ2n) is 10.3. The van der Waals surface area contributed by atoms with Gasteiger partial charge in [0.1, 0.15) is 12.4 Å². The van der Waals surface area contributed by atoms with Crippen LogP contribution in [0.25, 0.3) is 11.3 Å². The SMILES string of the molecule is CCC(CC)c1ccc(C(C)(C)NCc2ccc(-c3cccc(COc4cncc(C(=O)O)c4)n3)cc2)cc1. The van der Waals surface area contributed by atoms with Crippen molar-refractivity contribution in [2.24, 2.45) is 0 Å². The molecule has 4 rings (SSSR count).